The summed E-state index contributed by atoms with van der Waals surface area (Å²) in [6, 6.07) is 15.4. The highest BCUT2D eigenvalue weighted by Gasteiger charge is 2.49. The Kier molecular flexibility index (Phi) is 8.70. The highest BCUT2D eigenvalue weighted by Crippen LogP contribution is 2.44. The molecule has 248 valence electrons. The lowest BCUT2D eigenvalue weighted by Gasteiger charge is -2.29. The van der Waals surface area contributed by atoms with Crippen LogP contribution >= 0.6 is 0 Å². The fourth-order valence-electron chi connectivity index (χ4n) is 5.68. The first-order valence-electron chi connectivity index (χ1n) is 14.8. The molecule has 0 unspecified atom stereocenters. The van der Waals surface area contributed by atoms with Gasteiger partial charge in [-0.1, -0.05) is 50.2 Å². The molecule has 0 N–H and O–H groups in total. The second-order valence-electron chi connectivity index (χ2n) is 12.0. The lowest BCUT2D eigenvalue weighted by molar-refractivity contribution is -0.0501. The molecule has 47 heavy (non-hydrogen) atoms. The van der Waals surface area contributed by atoms with Crippen molar-refractivity contribution >= 4 is 31.8 Å². The van der Waals surface area contributed by atoms with Crippen LogP contribution in [0.1, 0.15) is 50.6 Å². The first-order valence-corrected chi connectivity index (χ1v) is 16.2. The molecule has 1 aliphatic heterocycles. The standard InChI is InChI=1S/C33H30F5N3O5S/c1-32(2,19-44-18-20-8-4-3-5-9-20)30-29(21-11-12-25(34)26(35)15-21)23-14-22-17-39-41(28-10-6-7-13-45-28)27(22)16-24(23)31(40-30)46-47(42,43)33(36,37)38/h3-5,8-9,11-12,14-17,28H,6-7,10,13,18-19H2,1-2H3/t28-/m0/s1. The van der Waals surface area contributed by atoms with Crippen LogP contribution in [0.25, 0.3) is 32.8 Å². The molecule has 0 bridgehead atoms. The lowest BCUT2D eigenvalue weighted by Crippen LogP contribution is -2.30. The molecule has 3 aromatic carbocycles. The summed E-state index contributed by atoms with van der Waals surface area (Å²) in [4.78, 5) is 4.40. The topological polar surface area (TPSA) is 92.5 Å². The number of nitrogens with zero attached hydrogens (tertiary/aromatic N) is 3. The van der Waals surface area contributed by atoms with Crippen LogP contribution in [0, 0.1) is 11.6 Å². The average molecular weight is 676 g/mol. The van der Waals surface area contributed by atoms with Crippen molar-refractivity contribution in [2.24, 2.45) is 0 Å². The molecule has 0 saturated carbocycles. The molecule has 2 aromatic heterocycles. The molecular weight excluding hydrogens is 645 g/mol. The number of rotatable bonds is 9. The van der Waals surface area contributed by atoms with Gasteiger partial charge in [0.1, 0.15) is 0 Å². The van der Waals surface area contributed by atoms with Gasteiger partial charge in [0.05, 0.1) is 30.6 Å². The average Bonchev–Trinajstić information content (AvgIpc) is 3.44. The van der Waals surface area contributed by atoms with Crippen molar-refractivity contribution in [1.29, 1.82) is 0 Å². The van der Waals surface area contributed by atoms with Crippen LogP contribution in [0.5, 0.6) is 5.88 Å². The zero-order chi connectivity index (χ0) is 33.6. The van der Waals surface area contributed by atoms with Gasteiger partial charge in [0.15, 0.2) is 17.9 Å². The molecule has 1 aliphatic rings. The van der Waals surface area contributed by atoms with Crippen molar-refractivity contribution < 1.29 is 44.0 Å². The number of hydrogen-bond donors (Lipinski definition) is 0. The zero-order valence-electron chi connectivity index (χ0n) is 25.4. The fourth-order valence-corrected chi connectivity index (χ4v) is 6.11. The molecule has 5 aromatic rings. The van der Waals surface area contributed by atoms with Crippen LogP contribution in [0.4, 0.5) is 22.0 Å². The van der Waals surface area contributed by atoms with Crippen LogP contribution in [-0.4, -0.2) is 41.9 Å². The number of aromatic nitrogens is 3. The quantitative estimate of drug-likeness (QED) is 0.0890. The lowest BCUT2D eigenvalue weighted by atomic mass is 9.82. The highest BCUT2D eigenvalue weighted by molar-refractivity contribution is 7.88. The molecule has 6 rings (SSSR count). The SMILES string of the molecule is CC(C)(COCc1ccccc1)c1nc(OS(=O)(=O)C(F)(F)F)c2cc3c(cnn3[C@@H]3CCCCO3)cc2c1-c1ccc(F)c(F)c1. The predicted octanol–water partition coefficient (Wildman–Crippen LogP) is 7.95. The normalized spacial score (nSPS) is 16.2. The number of halogens is 5. The fraction of sp³-hybridized carbons (Fsp3) is 0.333. The van der Waals surface area contributed by atoms with Gasteiger partial charge in [0.2, 0.25) is 5.88 Å². The van der Waals surface area contributed by atoms with Crippen molar-refractivity contribution in [3.8, 4) is 17.0 Å². The van der Waals surface area contributed by atoms with E-state index in [4.69, 9.17) is 13.7 Å². The second kappa shape index (κ2) is 12.5. The molecule has 1 fully saturated rings. The number of ether oxygens (including phenoxy) is 2. The summed E-state index contributed by atoms with van der Waals surface area (Å²) in [5, 5.41) is 5.06. The molecule has 3 heterocycles. The third-order valence-electron chi connectivity index (χ3n) is 8.01. The molecule has 0 amide bonds. The minimum Gasteiger partial charge on any atom is -0.376 e. The molecule has 0 radical (unpaired) electrons. The molecular formula is C33H30F5N3O5S. The van der Waals surface area contributed by atoms with E-state index in [1.807, 2.05) is 30.3 Å². The monoisotopic (exact) mass is 675 g/mol. The molecule has 0 spiro atoms. The van der Waals surface area contributed by atoms with Crippen LogP contribution in [-0.2, 0) is 31.6 Å². The number of alkyl halides is 3. The van der Waals surface area contributed by atoms with Crippen LogP contribution in [0.15, 0.2) is 66.9 Å². The van der Waals surface area contributed by atoms with Gasteiger partial charge < -0.3 is 13.7 Å². The summed E-state index contributed by atoms with van der Waals surface area (Å²) in [5.74, 6) is -3.11. The summed E-state index contributed by atoms with van der Waals surface area (Å²) >= 11 is 0. The van der Waals surface area contributed by atoms with Crippen LogP contribution < -0.4 is 4.18 Å². The molecule has 1 saturated heterocycles. The Labute approximate surface area is 267 Å². The summed E-state index contributed by atoms with van der Waals surface area (Å²) in [7, 11) is -6.17. The van der Waals surface area contributed by atoms with Crippen LogP contribution in [0.3, 0.4) is 0 Å². The minimum atomic E-state index is -6.17. The molecule has 0 aliphatic carbocycles. The van der Waals surface area contributed by atoms with Crippen molar-refractivity contribution in [3.63, 3.8) is 0 Å². The summed E-state index contributed by atoms with van der Waals surface area (Å²) < 4.78 is 113. The van der Waals surface area contributed by atoms with Crippen molar-refractivity contribution in [2.75, 3.05) is 13.2 Å². The Morgan fingerprint density at radius 3 is 2.43 bits per heavy atom. The van der Waals surface area contributed by atoms with Crippen molar-refractivity contribution in [1.82, 2.24) is 14.8 Å². The van der Waals surface area contributed by atoms with E-state index in [1.54, 1.807) is 30.8 Å². The Hall–Kier alpha value is -4.14. The van der Waals surface area contributed by atoms with Crippen molar-refractivity contribution in [3.05, 3.63) is 89.8 Å². The summed E-state index contributed by atoms with van der Waals surface area (Å²) in [6.45, 7) is 4.02. The van der Waals surface area contributed by atoms with Gasteiger partial charge in [-0.15, -0.1) is 0 Å². The zero-order valence-corrected chi connectivity index (χ0v) is 26.2. The van der Waals surface area contributed by atoms with E-state index in [0.717, 1.165) is 30.5 Å². The molecule has 1 atom stereocenters. The van der Waals surface area contributed by atoms with Gasteiger partial charge in [-0.05, 0) is 60.0 Å². The largest absolute Gasteiger partial charge is 0.534 e. The maximum atomic E-state index is 14.7. The van der Waals surface area contributed by atoms with Crippen molar-refractivity contribution in [2.45, 2.75) is 56.9 Å². The Balaban J connectivity index is 1.60. The van der Waals surface area contributed by atoms with Gasteiger partial charge >= 0.3 is 15.6 Å². The van der Waals surface area contributed by atoms with Gasteiger partial charge in [0.25, 0.3) is 0 Å². The van der Waals surface area contributed by atoms with Crippen LogP contribution in [0.2, 0.25) is 0 Å². The van der Waals surface area contributed by atoms with E-state index in [0.29, 0.717) is 23.9 Å². The predicted molar refractivity (Wildman–Crippen MR) is 164 cm³/mol. The van der Waals surface area contributed by atoms with Gasteiger partial charge in [-0.3, -0.25) is 0 Å². The first-order chi connectivity index (χ1) is 22.2. The molecule has 8 nitrogen and oxygen atoms in total. The second-order valence-corrected chi connectivity index (χ2v) is 13.5. The van der Waals surface area contributed by atoms with Gasteiger partial charge in [-0.2, -0.15) is 26.7 Å². The van der Waals surface area contributed by atoms with E-state index in [9.17, 15) is 30.4 Å². The number of hydrogen-bond acceptors (Lipinski definition) is 7. The van der Waals surface area contributed by atoms with E-state index >= 15 is 0 Å². The summed E-state index contributed by atoms with van der Waals surface area (Å²) in [5.41, 5.74) is -5.17. The Bertz CT molecular complexity index is 2040. The van der Waals surface area contributed by atoms with E-state index in [-0.39, 0.29) is 40.8 Å². The smallest absolute Gasteiger partial charge is 0.376 e. The Morgan fingerprint density at radius 1 is 0.979 bits per heavy atom. The molecule has 14 heteroatoms. The highest BCUT2D eigenvalue weighted by atomic mass is 32.2. The number of benzene rings is 3. The first kappa shape index (κ1) is 32.8. The number of fused-ring (bicyclic) bond motifs is 2. The van der Waals surface area contributed by atoms with Gasteiger partial charge in [0, 0.05) is 28.4 Å². The van der Waals surface area contributed by atoms with E-state index in [1.165, 1.54) is 12.1 Å². The Morgan fingerprint density at radius 2 is 1.74 bits per heavy atom. The minimum absolute atomic E-state index is 0.0399. The third kappa shape index (κ3) is 6.54. The third-order valence-corrected chi connectivity index (χ3v) is 8.95. The van der Waals surface area contributed by atoms with E-state index < -0.39 is 44.8 Å². The summed E-state index contributed by atoms with van der Waals surface area (Å²) in [6.07, 6.45) is 3.45. The maximum Gasteiger partial charge on any atom is 0.534 e. The number of pyridine rings is 1. The van der Waals surface area contributed by atoms with Gasteiger partial charge in [-0.25, -0.2) is 18.4 Å². The maximum absolute atomic E-state index is 14.7. The van der Waals surface area contributed by atoms with E-state index in [2.05, 4.69) is 10.1 Å².